The van der Waals surface area contributed by atoms with Crippen LogP contribution < -0.4 is 11.1 Å². The number of amides is 1. The van der Waals surface area contributed by atoms with Crippen LogP contribution in [0.2, 0.25) is 5.02 Å². The molecule has 1 amide bonds. The van der Waals surface area contributed by atoms with Crippen LogP contribution >= 0.6 is 11.6 Å². The van der Waals surface area contributed by atoms with Gasteiger partial charge in [-0.2, -0.15) is 0 Å². The fourth-order valence-electron chi connectivity index (χ4n) is 2.64. The third kappa shape index (κ3) is 4.03. The first-order valence-corrected chi connectivity index (χ1v) is 8.48. The number of nitrogens with zero attached hydrogens (tertiary/aromatic N) is 3. The molecule has 0 saturated carbocycles. The highest BCUT2D eigenvalue weighted by Gasteiger charge is 2.25. The van der Waals surface area contributed by atoms with Gasteiger partial charge in [-0.15, -0.1) is 10.2 Å². The van der Waals surface area contributed by atoms with Crippen LogP contribution in [0, 0.1) is 5.82 Å². The van der Waals surface area contributed by atoms with Gasteiger partial charge in [0.25, 0.3) is 0 Å². The highest BCUT2D eigenvalue weighted by atomic mass is 35.5. The number of carbonyl (C=O) groups is 1. The number of nitrogens with two attached hydrogens (primary N) is 1. The van der Waals surface area contributed by atoms with E-state index in [1.165, 1.54) is 18.2 Å². The second-order valence-corrected chi connectivity index (χ2v) is 6.85. The average Bonchev–Trinajstić information content (AvgIpc) is 2.62. The summed E-state index contributed by atoms with van der Waals surface area (Å²) in [5.41, 5.74) is 5.94. The SMILES string of the molecule is CC(C)(Nc1ccc(-c2cc(C(N)=O)ccc2F)nn1)c1ncccc1Cl. The molecule has 6 nitrogen and oxygen atoms in total. The van der Waals surface area contributed by atoms with Crippen molar-refractivity contribution < 1.29 is 9.18 Å². The van der Waals surface area contributed by atoms with Gasteiger partial charge in [-0.25, -0.2) is 4.39 Å². The zero-order valence-electron chi connectivity index (χ0n) is 14.7. The number of hydrogen-bond donors (Lipinski definition) is 2. The number of nitrogens with one attached hydrogen (secondary N) is 1. The lowest BCUT2D eigenvalue weighted by Gasteiger charge is -2.26. The van der Waals surface area contributed by atoms with E-state index in [1.807, 2.05) is 13.8 Å². The van der Waals surface area contributed by atoms with Crippen LogP contribution in [0.15, 0.2) is 48.7 Å². The normalized spacial score (nSPS) is 11.3. The molecule has 0 spiro atoms. The maximum Gasteiger partial charge on any atom is 0.248 e. The van der Waals surface area contributed by atoms with Crippen molar-refractivity contribution in [3.05, 3.63) is 70.8 Å². The molecule has 0 aliphatic carbocycles. The van der Waals surface area contributed by atoms with Gasteiger partial charge in [0, 0.05) is 17.3 Å². The maximum atomic E-state index is 14.1. The molecule has 8 heteroatoms. The monoisotopic (exact) mass is 385 g/mol. The number of carbonyl (C=O) groups excluding carboxylic acids is 1. The largest absolute Gasteiger partial charge is 0.366 e. The van der Waals surface area contributed by atoms with E-state index in [0.29, 0.717) is 16.5 Å². The highest BCUT2D eigenvalue weighted by molar-refractivity contribution is 6.31. The number of halogens is 2. The van der Waals surface area contributed by atoms with Gasteiger partial charge in [0.2, 0.25) is 5.91 Å². The van der Waals surface area contributed by atoms with Gasteiger partial charge in [0.05, 0.1) is 21.9 Å². The van der Waals surface area contributed by atoms with Crippen LogP contribution in [0.4, 0.5) is 10.2 Å². The van der Waals surface area contributed by atoms with E-state index in [4.69, 9.17) is 17.3 Å². The molecule has 3 rings (SSSR count). The summed E-state index contributed by atoms with van der Waals surface area (Å²) in [5, 5.41) is 11.9. The van der Waals surface area contributed by atoms with Crippen molar-refractivity contribution in [2.45, 2.75) is 19.4 Å². The molecule has 138 valence electrons. The Morgan fingerprint density at radius 3 is 2.59 bits per heavy atom. The van der Waals surface area contributed by atoms with E-state index in [1.54, 1.807) is 30.5 Å². The van der Waals surface area contributed by atoms with Crippen molar-refractivity contribution in [2.24, 2.45) is 5.73 Å². The Labute approximate surface area is 160 Å². The van der Waals surface area contributed by atoms with Crippen molar-refractivity contribution >= 4 is 23.3 Å². The quantitative estimate of drug-likeness (QED) is 0.697. The average molecular weight is 386 g/mol. The van der Waals surface area contributed by atoms with E-state index < -0.39 is 17.3 Å². The fourth-order valence-corrected chi connectivity index (χ4v) is 3.00. The Morgan fingerprint density at radius 1 is 1.19 bits per heavy atom. The molecule has 2 heterocycles. The lowest BCUT2D eigenvalue weighted by Crippen LogP contribution is -2.30. The number of benzene rings is 1. The number of rotatable bonds is 5. The predicted octanol–water partition coefficient (Wildman–Crippen LogP) is 3.78. The first-order valence-electron chi connectivity index (χ1n) is 8.10. The summed E-state index contributed by atoms with van der Waals surface area (Å²) in [5.74, 6) is -0.691. The standard InChI is InChI=1S/C19H17ClFN5O/c1-19(2,17-13(20)4-3-9-23-17)24-16-8-7-15(25-26-16)12-10-11(18(22)27)5-6-14(12)21/h3-10H,1-2H3,(H2,22,27)(H,24,26). The van der Waals surface area contributed by atoms with Crippen LogP contribution in [0.5, 0.6) is 0 Å². The Kier molecular flexibility index (Phi) is 5.05. The van der Waals surface area contributed by atoms with Crippen LogP contribution in [-0.2, 0) is 5.54 Å². The van der Waals surface area contributed by atoms with E-state index in [2.05, 4.69) is 20.5 Å². The molecule has 2 aromatic heterocycles. The topological polar surface area (TPSA) is 93.8 Å². The lowest BCUT2D eigenvalue weighted by molar-refractivity contribution is 0.100. The summed E-state index contributed by atoms with van der Waals surface area (Å²) in [6, 6.07) is 10.6. The number of hydrogen-bond acceptors (Lipinski definition) is 5. The van der Waals surface area contributed by atoms with Crippen LogP contribution in [0.3, 0.4) is 0 Å². The second kappa shape index (κ2) is 7.28. The predicted molar refractivity (Wildman–Crippen MR) is 102 cm³/mol. The molecule has 0 saturated heterocycles. The summed E-state index contributed by atoms with van der Waals surface area (Å²) in [6.45, 7) is 3.82. The highest BCUT2D eigenvalue weighted by Crippen LogP contribution is 2.29. The zero-order valence-corrected chi connectivity index (χ0v) is 15.5. The first kappa shape index (κ1) is 18.7. The Morgan fingerprint density at radius 2 is 1.96 bits per heavy atom. The lowest BCUT2D eigenvalue weighted by atomic mass is 10.00. The summed E-state index contributed by atoms with van der Waals surface area (Å²) in [7, 11) is 0. The minimum atomic E-state index is -0.642. The van der Waals surface area contributed by atoms with E-state index in [9.17, 15) is 9.18 Å². The van der Waals surface area contributed by atoms with Crippen molar-refractivity contribution in [1.29, 1.82) is 0 Å². The molecule has 3 N–H and O–H groups in total. The molecule has 0 unspecified atom stereocenters. The van der Waals surface area contributed by atoms with Gasteiger partial charge in [-0.1, -0.05) is 11.6 Å². The van der Waals surface area contributed by atoms with E-state index >= 15 is 0 Å². The number of anilines is 1. The van der Waals surface area contributed by atoms with Gasteiger partial charge in [0.1, 0.15) is 11.6 Å². The summed E-state index contributed by atoms with van der Waals surface area (Å²) in [4.78, 5) is 15.6. The molecule has 0 radical (unpaired) electrons. The smallest absolute Gasteiger partial charge is 0.248 e. The molecule has 27 heavy (non-hydrogen) atoms. The minimum Gasteiger partial charge on any atom is -0.366 e. The Balaban J connectivity index is 1.87. The molecule has 0 fully saturated rings. The minimum absolute atomic E-state index is 0.150. The van der Waals surface area contributed by atoms with Crippen LogP contribution in [0.1, 0.15) is 29.9 Å². The van der Waals surface area contributed by atoms with Crippen molar-refractivity contribution in [3.8, 4) is 11.3 Å². The molecule has 3 aromatic rings. The van der Waals surface area contributed by atoms with Crippen molar-refractivity contribution in [3.63, 3.8) is 0 Å². The molecule has 1 aromatic carbocycles. The number of pyridine rings is 1. The third-order valence-electron chi connectivity index (χ3n) is 3.98. The van der Waals surface area contributed by atoms with Gasteiger partial charge < -0.3 is 11.1 Å². The first-order chi connectivity index (χ1) is 12.8. The zero-order chi connectivity index (χ0) is 19.6. The molecule has 0 aliphatic rings. The van der Waals surface area contributed by atoms with Crippen molar-refractivity contribution in [2.75, 3.05) is 5.32 Å². The molecule has 0 aliphatic heterocycles. The van der Waals surface area contributed by atoms with Crippen molar-refractivity contribution in [1.82, 2.24) is 15.2 Å². The maximum absolute atomic E-state index is 14.1. The summed E-state index contributed by atoms with van der Waals surface area (Å²) < 4.78 is 14.1. The molecular weight excluding hydrogens is 369 g/mol. The van der Waals surface area contributed by atoms with Gasteiger partial charge >= 0.3 is 0 Å². The Hall–Kier alpha value is -3.06. The Bertz CT molecular complexity index is 992. The fraction of sp³-hybridized carbons (Fsp3) is 0.158. The van der Waals surface area contributed by atoms with Gasteiger partial charge in [-0.05, 0) is 56.3 Å². The second-order valence-electron chi connectivity index (χ2n) is 6.45. The number of aromatic nitrogens is 3. The van der Waals surface area contributed by atoms with Gasteiger partial charge in [-0.3, -0.25) is 9.78 Å². The van der Waals surface area contributed by atoms with E-state index in [-0.39, 0.29) is 16.8 Å². The van der Waals surface area contributed by atoms with Gasteiger partial charge in [0.15, 0.2) is 0 Å². The number of primary amides is 1. The summed E-state index contributed by atoms with van der Waals surface area (Å²) >= 11 is 6.22. The van der Waals surface area contributed by atoms with Crippen LogP contribution in [0.25, 0.3) is 11.3 Å². The summed E-state index contributed by atoms with van der Waals surface area (Å²) in [6.07, 6.45) is 1.66. The van der Waals surface area contributed by atoms with Crippen LogP contribution in [-0.4, -0.2) is 21.1 Å². The molecular formula is C19H17ClFN5O. The third-order valence-corrected chi connectivity index (χ3v) is 4.29. The van der Waals surface area contributed by atoms with E-state index in [0.717, 1.165) is 0 Å². The molecule has 0 bridgehead atoms. The molecule has 0 atom stereocenters.